The molecule has 0 aliphatic heterocycles. The van der Waals surface area contributed by atoms with Crippen LogP contribution in [0.25, 0.3) is 0 Å². The summed E-state index contributed by atoms with van der Waals surface area (Å²) in [5.74, 6) is 0. The number of nitrogens with two attached hydrogens (primary N) is 1. The quantitative estimate of drug-likeness (QED) is 0.855. The van der Waals surface area contributed by atoms with Crippen LogP contribution in [0, 0.1) is 0 Å². The van der Waals surface area contributed by atoms with Crippen molar-refractivity contribution in [2.75, 3.05) is 0 Å². The minimum absolute atomic E-state index is 0.320. The van der Waals surface area contributed by atoms with Gasteiger partial charge >= 0.3 is 0 Å². The molecule has 1 unspecified atom stereocenters. The molecule has 1 rings (SSSR count). The predicted octanol–water partition coefficient (Wildman–Crippen LogP) is 2.79. The van der Waals surface area contributed by atoms with E-state index in [-0.39, 0.29) is 0 Å². The van der Waals surface area contributed by atoms with Crippen LogP contribution < -0.4 is 5.73 Å². The van der Waals surface area contributed by atoms with Crippen LogP contribution in [-0.4, -0.2) is 6.04 Å². The van der Waals surface area contributed by atoms with Crippen LogP contribution in [0.4, 0.5) is 0 Å². The van der Waals surface area contributed by atoms with Gasteiger partial charge < -0.3 is 5.73 Å². The summed E-state index contributed by atoms with van der Waals surface area (Å²) in [6.07, 6.45) is 2.06. The van der Waals surface area contributed by atoms with Crippen LogP contribution in [-0.2, 0) is 6.42 Å². The van der Waals surface area contributed by atoms with Crippen molar-refractivity contribution in [1.29, 1.82) is 0 Å². The lowest BCUT2D eigenvalue weighted by Gasteiger charge is -2.04. The van der Waals surface area contributed by atoms with Crippen LogP contribution in [0.5, 0.6) is 0 Å². The van der Waals surface area contributed by atoms with Crippen molar-refractivity contribution in [2.24, 2.45) is 5.73 Å². The summed E-state index contributed by atoms with van der Waals surface area (Å²) in [7, 11) is 0. The van der Waals surface area contributed by atoms with Gasteiger partial charge in [-0.05, 0) is 40.9 Å². The Morgan fingerprint density at radius 1 is 1.64 bits per heavy atom. The zero-order valence-electron chi connectivity index (χ0n) is 6.51. The Morgan fingerprint density at radius 3 is 2.82 bits per heavy atom. The second kappa shape index (κ2) is 4.24. The fourth-order valence-corrected chi connectivity index (χ4v) is 2.44. The van der Waals surface area contributed by atoms with Crippen LogP contribution in [0.15, 0.2) is 15.9 Å². The van der Waals surface area contributed by atoms with Crippen LogP contribution in [0.1, 0.15) is 18.2 Å². The number of hydrogen-bond acceptors (Lipinski definition) is 2. The maximum Gasteiger partial charge on any atom is 0.0701 e. The van der Waals surface area contributed by atoms with Gasteiger partial charge in [0.15, 0.2) is 0 Å². The highest BCUT2D eigenvalue weighted by molar-refractivity contribution is 9.11. The van der Waals surface area contributed by atoms with Gasteiger partial charge in [-0.2, -0.15) is 0 Å². The van der Waals surface area contributed by atoms with E-state index in [2.05, 4.69) is 35.0 Å². The summed E-state index contributed by atoms with van der Waals surface area (Å²) in [5, 5.41) is 0. The number of halogens is 1. The lowest BCUT2D eigenvalue weighted by molar-refractivity contribution is 0.652. The smallest absolute Gasteiger partial charge is 0.0701 e. The van der Waals surface area contributed by atoms with Crippen molar-refractivity contribution >= 4 is 27.3 Å². The maximum absolute atomic E-state index is 5.81. The van der Waals surface area contributed by atoms with Crippen molar-refractivity contribution < 1.29 is 0 Å². The van der Waals surface area contributed by atoms with E-state index in [9.17, 15) is 0 Å². The van der Waals surface area contributed by atoms with E-state index in [0.717, 1.165) is 12.8 Å². The van der Waals surface area contributed by atoms with Crippen molar-refractivity contribution in [3.63, 3.8) is 0 Å². The molecular formula is C8H12BrNS. The average molecular weight is 234 g/mol. The van der Waals surface area contributed by atoms with Gasteiger partial charge in [0.2, 0.25) is 0 Å². The monoisotopic (exact) mass is 233 g/mol. The predicted molar refractivity (Wildman–Crippen MR) is 54.0 cm³/mol. The Kier molecular flexibility index (Phi) is 3.55. The molecule has 1 aromatic rings. The molecule has 0 aliphatic carbocycles. The molecule has 0 amide bonds. The summed E-state index contributed by atoms with van der Waals surface area (Å²) in [4.78, 5) is 1.37. The molecule has 1 atom stereocenters. The van der Waals surface area contributed by atoms with Gasteiger partial charge in [0.05, 0.1) is 3.79 Å². The van der Waals surface area contributed by atoms with Crippen molar-refractivity contribution in [1.82, 2.24) is 0 Å². The highest BCUT2D eigenvalue weighted by Gasteiger charge is 2.02. The maximum atomic E-state index is 5.81. The molecule has 0 bridgehead atoms. The summed E-state index contributed by atoms with van der Waals surface area (Å²) >= 11 is 5.19. The van der Waals surface area contributed by atoms with Crippen LogP contribution in [0.3, 0.4) is 0 Å². The van der Waals surface area contributed by atoms with Gasteiger partial charge in [-0.25, -0.2) is 0 Å². The minimum Gasteiger partial charge on any atom is -0.327 e. The van der Waals surface area contributed by atoms with Crippen LogP contribution in [0.2, 0.25) is 0 Å². The van der Waals surface area contributed by atoms with E-state index in [0.29, 0.717) is 6.04 Å². The Labute approximate surface area is 79.7 Å². The first-order valence-electron chi connectivity index (χ1n) is 3.72. The first kappa shape index (κ1) is 9.23. The molecule has 0 radical (unpaired) electrons. The molecule has 0 spiro atoms. The molecule has 11 heavy (non-hydrogen) atoms. The fraction of sp³-hybridized carbons (Fsp3) is 0.500. The fourth-order valence-electron chi connectivity index (χ4n) is 0.864. The standard InChI is InChI=1S/C8H12BrNS/c1-2-6(10)5-7-3-4-8(9)11-7/h3-4,6H,2,5,10H2,1H3. The lowest BCUT2D eigenvalue weighted by Crippen LogP contribution is -2.20. The molecule has 3 heteroatoms. The van der Waals surface area contributed by atoms with Crippen molar-refractivity contribution in [2.45, 2.75) is 25.8 Å². The third kappa shape index (κ3) is 2.93. The van der Waals surface area contributed by atoms with E-state index in [4.69, 9.17) is 5.73 Å². The van der Waals surface area contributed by atoms with E-state index < -0.39 is 0 Å². The molecule has 0 saturated carbocycles. The molecule has 0 fully saturated rings. The average Bonchev–Trinajstić information content (AvgIpc) is 2.35. The van der Waals surface area contributed by atoms with Gasteiger partial charge in [-0.15, -0.1) is 11.3 Å². The summed E-state index contributed by atoms with van der Waals surface area (Å²) in [6, 6.07) is 4.52. The Bertz CT molecular complexity index is 222. The lowest BCUT2D eigenvalue weighted by atomic mass is 10.1. The molecule has 0 aliphatic rings. The Hall–Kier alpha value is 0.140. The van der Waals surface area contributed by atoms with E-state index in [1.54, 1.807) is 11.3 Å². The zero-order chi connectivity index (χ0) is 8.27. The van der Waals surface area contributed by atoms with E-state index in [1.165, 1.54) is 8.66 Å². The number of rotatable bonds is 3. The van der Waals surface area contributed by atoms with Gasteiger partial charge in [-0.1, -0.05) is 6.92 Å². The summed E-state index contributed by atoms with van der Waals surface area (Å²) in [6.45, 7) is 2.12. The second-order valence-electron chi connectivity index (χ2n) is 2.58. The third-order valence-electron chi connectivity index (χ3n) is 1.62. The molecule has 2 N–H and O–H groups in total. The van der Waals surface area contributed by atoms with Crippen LogP contribution >= 0.6 is 27.3 Å². The summed E-state index contributed by atoms with van der Waals surface area (Å²) < 4.78 is 1.19. The van der Waals surface area contributed by atoms with Gasteiger partial charge in [0.25, 0.3) is 0 Å². The minimum atomic E-state index is 0.320. The highest BCUT2D eigenvalue weighted by Crippen LogP contribution is 2.23. The molecule has 1 heterocycles. The largest absolute Gasteiger partial charge is 0.327 e. The van der Waals surface area contributed by atoms with Crippen molar-refractivity contribution in [3.05, 3.63) is 20.8 Å². The van der Waals surface area contributed by atoms with Gasteiger partial charge in [0.1, 0.15) is 0 Å². The number of thiophene rings is 1. The zero-order valence-corrected chi connectivity index (χ0v) is 8.91. The molecule has 1 aromatic heterocycles. The van der Waals surface area contributed by atoms with E-state index >= 15 is 0 Å². The molecule has 1 nitrogen and oxygen atoms in total. The molecule has 0 aromatic carbocycles. The van der Waals surface area contributed by atoms with Gasteiger partial charge in [0, 0.05) is 10.9 Å². The second-order valence-corrected chi connectivity index (χ2v) is 5.13. The topological polar surface area (TPSA) is 26.0 Å². The summed E-state index contributed by atoms with van der Waals surface area (Å²) in [5.41, 5.74) is 5.81. The Balaban J connectivity index is 2.50. The SMILES string of the molecule is CCC(N)Cc1ccc(Br)s1. The molecular weight excluding hydrogens is 222 g/mol. The number of hydrogen-bond donors (Lipinski definition) is 1. The first-order chi connectivity index (χ1) is 5.22. The first-order valence-corrected chi connectivity index (χ1v) is 5.33. The normalized spacial score (nSPS) is 13.4. The van der Waals surface area contributed by atoms with Gasteiger partial charge in [-0.3, -0.25) is 0 Å². The highest BCUT2D eigenvalue weighted by atomic mass is 79.9. The van der Waals surface area contributed by atoms with E-state index in [1.807, 2.05) is 0 Å². The third-order valence-corrected chi connectivity index (χ3v) is 3.26. The molecule has 62 valence electrons. The van der Waals surface area contributed by atoms with Crippen molar-refractivity contribution in [3.8, 4) is 0 Å². The Morgan fingerprint density at radius 2 is 2.36 bits per heavy atom. The molecule has 0 saturated heterocycles.